The minimum atomic E-state index is -1.14. The van der Waals surface area contributed by atoms with Gasteiger partial charge in [-0.1, -0.05) is 54.4 Å². The van der Waals surface area contributed by atoms with Crippen molar-refractivity contribution in [1.29, 1.82) is 0 Å². The third-order valence-corrected chi connectivity index (χ3v) is 10.9. The van der Waals surface area contributed by atoms with Crippen LogP contribution in [-0.2, 0) is 21.8 Å². The zero-order valence-electron chi connectivity index (χ0n) is 28.3. The Kier molecular flexibility index (Phi) is 11.4. The standard InChI is InChI=1S/C37H43Cl2N7O3S/c1-2-3-15-45-16-4-21-50-36(45)42-29-6-8-30(9-7-29)43-17-19-44(20-18-43)31-10-12-32(13-11-31)47-23-33-24-48-37(49-33,25-46-27-40-26-41-46)34-14-5-28(38)22-35(34)39/h5-14,22,26-27,33H,2-4,15-21,23-25H2,1H3/t33-,37-/m1/s1. The summed E-state index contributed by atoms with van der Waals surface area (Å²) in [4.78, 5) is 16.4. The van der Waals surface area contributed by atoms with Gasteiger partial charge in [0.15, 0.2) is 5.17 Å². The predicted octanol–water partition coefficient (Wildman–Crippen LogP) is 7.49. The summed E-state index contributed by atoms with van der Waals surface area (Å²) >= 11 is 14.7. The van der Waals surface area contributed by atoms with E-state index < -0.39 is 5.79 Å². The molecule has 0 unspecified atom stereocenters. The Bertz CT molecular complexity index is 1720. The molecule has 50 heavy (non-hydrogen) atoms. The van der Waals surface area contributed by atoms with Crippen molar-refractivity contribution in [1.82, 2.24) is 19.7 Å². The van der Waals surface area contributed by atoms with Crippen molar-refractivity contribution in [3.8, 4) is 5.75 Å². The van der Waals surface area contributed by atoms with Gasteiger partial charge in [0.2, 0.25) is 5.79 Å². The molecule has 264 valence electrons. The molecule has 3 aliphatic heterocycles. The molecule has 3 aliphatic rings. The molecule has 0 bridgehead atoms. The normalized spacial score (nSPS) is 22.0. The van der Waals surface area contributed by atoms with E-state index in [2.05, 4.69) is 68.1 Å². The summed E-state index contributed by atoms with van der Waals surface area (Å²) in [7, 11) is 0. The van der Waals surface area contributed by atoms with Gasteiger partial charge in [0.1, 0.15) is 37.7 Å². The molecule has 4 aromatic rings. The molecule has 3 saturated heterocycles. The number of thioether (sulfide) groups is 1. The van der Waals surface area contributed by atoms with Crippen LogP contribution in [0.5, 0.6) is 5.75 Å². The lowest BCUT2D eigenvalue weighted by molar-refractivity contribution is -0.190. The molecule has 0 saturated carbocycles. The van der Waals surface area contributed by atoms with Crippen LogP contribution in [0.1, 0.15) is 31.7 Å². The highest BCUT2D eigenvalue weighted by atomic mass is 35.5. The molecule has 3 fully saturated rings. The summed E-state index contributed by atoms with van der Waals surface area (Å²) in [6, 6.07) is 22.3. The average Bonchev–Trinajstić information content (AvgIpc) is 3.81. The second kappa shape index (κ2) is 16.2. The van der Waals surface area contributed by atoms with Crippen molar-refractivity contribution < 1.29 is 14.2 Å². The maximum atomic E-state index is 6.60. The van der Waals surface area contributed by atoms with Gasteiger partial charge in [0.05, 0.1) is 17.3 Å². The lowest BCUT2D eigenvalue weighted by atomic mass is 10.1. The summed E-state index contributed by atoms with van der Waals surface area (Å²) < 4.78 is 20.6. The van der Waals surface area contributed by atoms with E-state index in [9.17, 15) is 0 Å². The van der Waals surface area contributed by atoms with Crippen molar-refractivity contribution in [2.75, 3.05) is 68.0 Å². The molecule has 10 nitrogen and oxygen atoms in total. The number of benzene rings is 3. The quantitative estimate of drug-likeness (QED) is 0.147. The van der Waals surface area contributed by atoms with E-state index in [0.717, 1.165) is 56.5 Å². The van der Waals surface area contributed by atoms with Crippen molar-refractivity contribution in [2.24, 2.45) is 4.99 Å². The van der Waals surface area contributed by atoms with Crippen molar-refractivity contribution in [2.45, 2.75) is 44.6 Å². The Labute approximate surface area is 308 Å². The average molecular weight is 737 g/mol. The van der Waals surface area contributed by atoms with E-state index in [1.807, 2.05) is 30.0 Å². The maximum Gasteiger partial charge on any atom is 0.217 e. The van der Waals surface area contributed by atoms with Gasteiger partial charge >= 0.3 is 0 Å². The highest BCUT2D eigenvalue weighted by molar-refractivity contribution is 8.13. The van der Waals surface area contributed by atoms with Crippen LogP contribution in [-0.4, -0.2) is 89.2 Å². The highest BCUT2D eigenvalue weighted by Crippen LogP contribution is 2.40. The smallest absolute Gasteiger partial charge is 0.217 e. The predicted molar refractivity (Wildman–Crippen MR) is 202 cm³/mol. The van der Waals surface area contributed by atoms with Crippen LogP contribution in [0.4, 0.5) is 17.1 Å². The van der Waals surface area contributed by atoms with Crippen LogP contribution < -0.4 is 14.5 Å². The number of nitrogens with zero attached hydrogens (tertiary/aromatic N) is 7. The fourth-order valence-corrected chi connectivity index (χ4v) is 8.10. The number of hydrogen-bond donors (Lipinski definition) is 0. The van der Waals surface area contributed by atoms with Gasteiger partial charge in [-0.05, 0) is 73.5 Å². The number of halogens is 2. The van der Waals surface area contributed by atoms with E-state index in [1.165, 1.54) is 42.1 Å². The third kappa shape index (κ3) is 8.35. The lowest BCUT2D eigenvalue weighted by Gasteiger charge is -2.37. The van der Waals surface area contributed by atoms with Crippen LogP contribution in [0.15, 0.2) is 84.4 Å². The Balaban J connectivity index is 0.906. The van der Waals surface area contributed by atoms with Crippen molar-refractivity contribution >= 4 is 57.2 Å². The minimum absolute atomic E-state index is 0.283. The number of amidine groups is 1. The first kappa shape index (κ1) is 34.9. The van der Waals surface area contributed by atoms with Crippen LogP contribution in [0.2, 0.25) is 10.0 Å². The maximum absolute atomic E-state index is 6.60. The van der Waals surface area contributed by atoms with Crippen LogP contribution in [0.3, 0.4) is 0 Å². The van der Waals surface area contributed by atoms with Gasteiger partial charge in [0.25, 0.3) is 0 Å². The summed E-state index contributed by atoms with van der Waals surface area (Å²) in [5, 5.41) is 6.41. The fourth-order valence-electron chi connectivity index (χ4n) is 6.56. The molecule has 0 N–H and O–H groups in total. The molecule has 4 heterocycles. The topological polar surface area (TPSA) is 80.5 Å². The minimum Gasteiger partial charge on any atom is -0.491 e. The summed E-state index contributed by atoms with van der Waals surface area (Å²) in [5.74, 6) is 0.785. The molecule has 7 rings (SSSR count). The third-order valence-electron chi connectivity index (χ3n) is 9.25. The van der Waals surface area contributed by atoms with Gasteiger partial charge in [-0.25, -0.2) is 14.7 Å². The Morgan fingerprint density at radius 1 is 0.960 bits per heavy atom. The second-order valence-corrected chi connectivity index (χ2v) is 14.7. The number of anilines is 2. The van der Waals surface area contributed by atoms with E-state index in [-0.39, 0.29) is 12.6 Å². The van der Waals surface area contributed by atoms with Gasteiger partial charge in [-0.3, -0.25) is 0 Å². The Morgan fingerprint density at radius 2 is 1.70 bits per heavy atom. The van der Waals surface area contributed by atoms with E-state index >= 15 is 0 Å². The number of aliphatic imine (C=N–C) groups is 1. The van der Waals surface area contributed by atoms with Crippen LogP contribution in [0.25, 0.3) is 0 Å². The Hall–Kier alpha value is -3.48. The van der Waals surface area contributed by atoms with Gasteiger partial charge in [-0.15, -0.1) is 0 Å². The van der Waals surface area contributed by atoms with Gasteiger partial charge in [-0.2, -0.15) is 5.10 Å². The highest BCUT2D eigenvalue weighted by Gasteiger charge is 2.45. The molecule has 1 aromatic heterocycles. The first-order valence-corrected chi connectivity index (χ1v) is 19.1. The van der Waals surface area contributed by atoms with Crippen molar-refractivity contribution in [3.63, 3.8) is 0 Å². The SMILES string of the molecule is CCCCN1CCCSC1=Nc1ccc(N2CCN(c3ccc(OC[C@@H]4CO[C@@](Cn5cncn5)(c5ccc(Cl)cc5Cl)O4)cc3)CC2)cc1. The first-order chi connectivity index (χ1) is 24.5. The van der Waals surface area contributed by atoms with Crippen LogP contribution >= 0.6 is 35.0 Å². The van der Waals surface area contributed by atoms with Crippen LogP contribution in [0, 0.1) is 0 Å². The van der Waals surface area contributed by atoms with Crippen molar-refractivity contribution in [3.05, 3.63) is 95.0 Å². The summed E-state index contributed by atoms with van der Waals surface area (Å²) in [6.07, 6.45) is 6.44. The molecule has 13 heteroatoms. The van der Waals surface area contributed by atoms with E-state index in [4.69, 9.17) is 42.4 Å². The second-order valence-electron chi connectivity index (χ2n) is 12.8. The number of unbranched alkanes of at least 4 members (excludes halogenated alkanes) is 1. The zero-order valence-corrected chi connectivity index (χ0v) is 30.6. The lowest BCUT2D eigenvalue weighted by Crippen LogP contribution is -2.46. The Morgan fingerprint density at radius 3 is 2.38 bits per heavy atom. The summed E-state index contributed by atoms with van der Waals surface area (Å²) in [5.41, 5.74) is 4.15. The largest absolute Gasteiger partial charge is 0.491 e. The summed E-state index contributed by atoms with van der Waals surface area (Å²) in [6.45, 7) is 9.21. The number of hydrogen-bond acceptors (Lipinski definition) is 9. The molecule has 3 aromatic carbocycles. The number of rotatable bonds is 12. The molecule has 2 atom stereocenters. The molecule has 0 aliphatic carbocycles. The molecule has 0 radical (unpaired) electrons. The van der Waals surface area contributed by atoms with Gasteiger partial charge in [0, 0.05) is 67.0 Å². The number of aromatic nitrogens is 3. The first-order valence-electron chi connectivity index (χ1n) is 17.4. The zero-order chi connectivity index (χ0) is 34.3. The molecular formula is C37H43Cl2N7O3S. The fraction of sp³-hybridized carbons (Fsp3) is 0.432. The van der Waals surface area contributed by atoms with E-state index in [1.54, 1.807) is 23.1 Å². The number of piperazine rings is 1. The molecular weight excluding hydrogens is 693 g/mol. The monoisotopic (exact) mass is 735 g/mol. The van der Waals surface area contributed by atoms with E-state index in [0.29, 0.717) is 28.8 Å². The number of ether oxygens (including phenoxy) is 3. The van der Waals surface area contributed by atoms with Gasteiger partial charge < -0.3 is 28.9 Å². The molecule has 0 spiro atoms. The molecule has 0 amide bonds.